The largest absolute Gasteiger partial charge is 0.407 e. The number of hydrogen-bond acceptors (Lipinski definition) is 4. The van der Waals surface area contributed by atoms with Crippen LogP contribution in [0.3, 0.4) is 0 Å². The normalized spacial score (nSPS) is 11.0. The van der Waals surface area contributed by atoms with E-state index in [4.69, 9.17) is 16.8 Å². The van der Waals surface area contributed by atoms with Crippen LogP contribution in [0.25, 0.3) is 0 Å². The highest BCUT2D eigenvalue weighted by Crippen LogP contribution is 1.86. The fourth-order valence-electron chi connectivity index (χ4n) is 0.139. The third kappa shape index (κ3) is 3.42. The summed E-state index contributed by atoms with van der Waals surface area (Å²) >= 11 is 4.92. The topological polar surface area (TPSA) is 58.9 Å². The van der Waals surface area contributed by atoms with Gasteiger partial charge in [-0.15, -0.1) is 0 Å². The van der Waals surface area contributed by atoms with Gasteiger partial charge < -0.3 is 9.94 Å². The molecular weight excluding hydrogens is 133 g/mol. The molecule has 0 bridgehead atoms. The number of esters is 1. The van der Waals surface area contributed by atoms with E-state index in [0.29, 0.717) is 0 Å². The fraction of sp³-hybridized carbons (Fsp3) is 0.333. The van der Waals surface area contributed by atoms with Crippen LogP contribution in [0.5, 0.6) is 0 Å². The lowest BCUT2D eigenvalue weighted by Crippen LogP contribution is -2.01. The number of halogens is 1. The van der Waals surface area contributed by atoms with Crippen LogP contribution < -0.4 is 0 Å². The lowest BCUT2D eigenvalue weighted by atomic mass is 10.8. The smallest absolute Gasteiger partial charge is 0.329 e. The molecule has 46 valence electrons. The van der Waals surface area contributed by atoms with Gasteiger partial charge in [0.15, 0.2) is 0 Å². The van der Waals surface area contributed by atoms with E-state index in [1.54, 1.807) is 0 Å². The van der Waals surface area contributed by atoms with Gasteiger partial charge in [0, 0.05) is 6.92 Å². The van der Waals surface area contributed by atoms with Crippen molar-refractivity contribution in [2.24, 2.45) is 5.16 Å². The molecule has 4 nitrogen and oxygen atoms in total. The maximum absolute atomic E-state index is 9.91. The molecule has 0 saturated heterocycles. The average Bonchev–Trinajstić information content (AvgIpc) is 1.65. The third-order valence-electron chi connectivity index (χ3n) is 0.307. The minimum Gasteiger partial charge on any atom is -0.407 e. The van der Waals surface area contributed by atoms with Crippen molar-refractivity contribution in [3.05, 3.63) is 0 Å². The van der Waals surface area contributed by atoms with Gasteiger partial charge in [-0.2, -0.15) is 0 Å². The van der Waals surface area contributed by atoms with Crippen molar-refractivity contribution in [1.82, 2.24) is 0 Å². The summed E-state index contributed by atoms with van der Waals surface area (Å²) in [6.07, 6.45) is 0. The van der Waals surface area contributed by atoms with Gasteiger partial charge in [-0.05, 0) is 16.8 Å². The van der Waals surface area contributed by atoms with Crippen molar-refractivity contribution in [1.29, 1.82) is 0 Å². The Balaban J connectivity index is 3.56. The summed E-state index contributed by atoms with van der Waals surface area (Å²) in [7, 11) is 0. The van der Waals surface area contributed by atoms with Gasteiger partial charge in [-0.1, -0.05) is 0 Å². The Morgan fingerprint density at radius 2 is 2.38 bits per heavy atom. The molecule has 0 aromatic heterocycles. The highest BCUT2D eigenvalue weighted by Gasteiger charge is 1.96. The van der Waals surface area contributed by atoms with E-state index in [-0.39, 0.29) is 0 Å². The van der Waals surface area contributed by atoms with Crippen LogP contribution in [0.4, 0.5) is 0 Å². The number of carbonyl (C=O) groups is 1. The Kier molecular flexibility index (Phi) is 2.95. The second-order valence-corrected chi connectivity index (χ2v) is 1.27. The average molecular weight is 138 g/mol. The maximum atomic E-state index is 9.91. The van der Waals surface area contributed by atoms with Gasteiger partial charge in [0.1, 0.15) is 0 Å². The van der Waals surface area contributed by atoms with Gasteiger partial charge in [0.25, 0.3) is 0 Å². The molecule has 5 heteroatoms. The van der Waals surface area contributed by atoms with E-state index >= 15 is 0 Å². The van der Waals surface area contributed by atoms with Crippen LogP contribution in [-0.2, 0) is 9.53 Å². The van der Waals surface area contributed by atoms with Crippen LogP contribution in [0.15, 0.2) is 5.16 Å². The van der Waals surface area contributed by atoms with E-state index < -0.39 is 11.3 Å². The maximum Gasteiger partial charge on any atom is 0.329 e. The number of nitrogens with zero attached hydrogens (tertiary/aromatic N) is 1. The van der Waals surface area contributed by atoms with E-state index in [1.165, 1.54) is 0 Å². The molecule has 0 aliphatic heterocycles. The zero-order chi connectivity index (χ0) is 6.57. The molecule has 0 amide bonds. The highest BCUT2D eigenvalue weighted by molar-refractivity contribution is 6.63. The van der Waals surface area contributed by atoms with Gasteiger partial charge >= 0.3 is 11.3 Å². The summed E-state index contributed by atoms with van der Waals surface area (Å²) < 4.78 is 4.03. The molecule has 0 aromatic rings. The zero-order valence-corrected chi connectivity index (χ0v) is 4.84. The summed E-state index contributed by atoms with van der Waals surface area (Å²) in [4.78, 5) is 9.91. The molecule has 1 N–H and O–H groups in total. The second-order valence-electron chi connectivity index (χ2n) is 0.947. The molecule has 0 rings (SSSR count). The number of hydrogen-bond donors (Lipinski definition) is 1. The van der Waals surface area contributed by atoms with Crippen molar-refractivity contribution in [2.75, 3.05) is 0 Å². The molecule has 0 aliphatic carbocycles. The minimum absolute atomic E-state index is 0.572. The third-order valence-corrected chi connectivity index (χ3v) is 0.459. The second kappa shape index (κ2) is 3.26. The molecular formula is C3H4ClNO3. The SMILES string of the molecule is CC(=O)O/C(Cl)=N\O. The van der Waals surface area contributed by atoms with E-state index in [2.05, 4.69) is 9.89 Å². The molecule has 0 radical (unpaired) electrons. The fourth-order valence-corrected chi connectivity index (χ4v) is 0.248. The molecule has 0 spiro atoms. The van der Waals surface area contributed by atoms with E-state index in [0.717, 1.165) is 6.92 Å². The number of rotatable bonds is 0. The van der Waals surface area contributed by atoms with Crippen molar-refractivity contribution in [2.45, 2.75) is 6.92 Å². The van der Waals surface area contributed by atoms with Crippen molar-refractivity contribution in [3.63, 3.8) is 0 Å². The Morgan fingerprint density at radius 1 is 1.88 bits per heavy atom. The number of carbonyl (C=O) groups excluding carboxylic acids is 1. The Morgan fingerprint density at radius 3 is 2.50 bits per heavy atom. The van der Waals surface area contributed by atoms with Gasteiger partial charge in [-0.25, -0.2) is 0 Å². The van der Waals surface area contributed by atoms with Crippen molar-refractivity contribution < 1.29 is 14.7 Å². The predicted molar refractivity (Wildman–Crippen MR) is 26.8 cm³/mol. The number of ether oxygens (including phenoxy) is 1. The molecule has 0 unspecified atom stereocenters. The van der Waals surface area contributed by atoms with Crippen molar-refractivity contribution in [3.8, 4) is 0 Å². The molecule has 0 aromatic carbocycles. The van der Waals surface area contributed by atoms with E-state index in [9.17, 15) is 4.79 Å². The van der Waals surface area contributed by atoms with Crippen LogP contribution in [-0.4, -0.2) is 16.5 Å². The van der Waals surface area contributed by atoms with Crippen LogP contribution in [0, 0.1) is 0 Å². The highest BCUT2D eigenvalue weighted by atomic mass is 35.5. The minimum atomic E-state index is -0.618. The first-order valence-electron chi connectivity index (χ1n) is 1.72. The lowest BCUT2D eigenvalue weighted by molar-refractivity contribution is -0.132. The molecule has 0 saturated carbocycles. The van der Waals surface area contributed by atoms with Gasteiger partial charge in [-0.3, -0.25) is 4.79 Å². The van der Waals surface area contributed by atoms with Crippen LogP contribution >= 0.6 is 11.6 Å². The first kappa shape index (κ1) is 7.23. The summed E-state index contributed by atoms with van der Waals surface area (Å²) in [5.74, 6) is -0.618. The zero-order valence-electron chi connectivity index (χ0n) is 4.09. The quantitative estimate of drug-likeness (QED) is 0.174. The summed E-state index contributed by atoms with van der Waals surface area (Å²) in [6, 6.07) is 0. The Labute approximate surface area is 50.7 Å². The Hall–Kier alpha value is -0.770. The van der Waals surface area contributed by atoms with Gasteiger partial charge in [0.2, 0.25) is 0 Å². The molecule has 0 aliphatic rings. The van der Waals surface area contributed by atoms with Crippen LogP contribution in [0.2, 0.25) is 0 Å². The molecule has 8 heavy (non-hydrogen) atoms. The first-order chi connectivity index (χ1) is 3.66. The molecule has 0 fully saturated rings. The lowest BCUT2D eigenvalue weighted by Gasteiger charge is -1.90. The standard InChI is InChI=1S/C3H4ClNO3/c1-2(6)8-3(4)5-7/h7H,1H3/b5-3-. The van der Waals surface area contributed by atoms with Crippen LogP contribution in [0.1, 0.15) is 6.92 Å². The predicted octanol–water partition coefficient (Wildman–Crippen LogP) is 0.534. The summed E-state index contributed by atoms with van der Waals surface area (Å²) in [5, 5.41) is 9.56. The summed E-state index contributed by atoms with van der Waals surface area (Å²) in [6.45, 7) is 1.15. The Bertz CT molecular complexity index is 122. The molecule has 0 heterocycles. The summed E-state index contributed by atoms with van der Waals surface area (Å²) in [5.41, 5.74) is 0. The molecule has 0 atom stereocenters. The van der Waals surface area contributed by atoms with E-state index in [1.807, 2.05) is 0 Å². The first-order valence-corrected chi connectivity index (χ1v) is 2.10. The number of oxime groups is 1. The van der Waals surface area contributed by atoms with Gasteiger partial charge in [0.05, 0.1) is 0 Å². The monoisotopic (exact) mass is 137 g/mol. The van der Waals surface area contributed by atoms with Crippen molar-refractivity contribution >= 4 is 22.9 Å².